The number of rotatable bonds is 5. The van der Waals surface area contributed by atoms with Crippen molar-refractivity contribution < 1.29 is 14.0 Å². The fourth-order valence-electron chi connectivity index (χ4n) is 2.78. The molecule has 1 aromatic heterocycles. The number of amides is 2. The molecule has 1 N–H and O–H groups in total. The lowest BCUT2D eigenvalue weighted by Gasteiger charge is -2.24. The predicted molar refractivity (Wildman–Crippen MR) is 112 cm³/mol. The average molecular weight is 441 g/mol. The van der Waals surface area contributed by atoms with Crippen LogP contribution in [0.1, 0.15) is 45.0 Å². The van der Waals surface area contributed by atoms with Crippen LogP contribution in [0.4, 0.5) is 5.69 Å². The number of furan rings is 1. The molecule has 0 spiro atoms. The van der Waals surface area contributed by atoms with Gasteiger partial charge >= 0.3 is 0 Å². The van der Waals surface area contributed by atoms with Crippen molar-refractivity contribution in [2.45, 2.75) is 19.9 Å². The van der Waals surface area contributed by atoms with E-state index in [9.17, 15) is 9.59 Å². The predicted octanol–water partition coefficient (Wildman–Crippen LogP) is 5.44. The third kappa shape index (κ3) is 4.34. The van der Waals surface area contributed by atoms with Gasteiger partial charge in [0.2, 0.25) is 0 Å². The Morgan fingerprint density at radius 3 is 2.39 bits per heavy atom. The first-order valence-corrected chi connectivity index (χ1v) is 9.64. The van der Waals surface area contributed by atoms with E-state index < -0.39 is 0 Å². The highest BCUT2D eigenvalue weighted by atomic mass is 79.9. The van der Waals surface area contributed by atoms with Gasteiger partial charge in [0.15, 0.2) is 0 Å². The number of hydrogen-bond donors (Lipinski definition) is 1. The van der Waals surface area contributed by atoms with Gasteiger partial charge in [-0.05, 0) is 67.9 Å². The van der Waals surface area contributed by atoms with Crippen molar-refractivity contribution in [2.75, 3.05) is 12.4 Å². The number of aryl methyl sites for hydroxylation is 1. The summed E-state index contributed by atoms with van der Waals surface area (Å²) >= 11 is 3.36. The maximum Gasteiger partial charge on any atom is 0.255 e. The molecule has 1 heterocycles. The van der Waals surface area contributed by atoms with Crippen LogP contribution in [-0.2, 0) is 0 Å². The Labute approximate surface area is 172 Å². The van der Waals surface area contributed by atoms with Crippen LogP contribution in [0.5, 0.6) is 0 Å². The number of anilines is 1. The van der Waals surface area contributed by atoms with Crippen LogP contribution in [0, 0.1) is 6.92 Å². The largest absolute Gasteiger partial charge is 0.467 e. The summed E-state index contributed by atoms with van der Waals surface area (Å²) in [5.74, 6) is 0.340. The monoisotopic (exact) mass is 440 g/mol. The number of benzene rings is 2. The zero-order valence-corrected chi connectivity index (χ0v) is 17.5. The molecule has 1 unspecified atom stereocenters. The molecule has 0 radical (unpaired) electrons. The molecular weight excluding hydrogens is 420 g/mol. The second-order valence-corrected chi connectivity index (χ2v) is 7.51. The summed E-state index contributed by atoms with van der Waals surface area (Å²) in [5.41, 5.74) is 2.53. The van der Waals surface area contributed by atoms with Crippen molar-refractivity contribution in [2.24, 2.45) is 0 Å². The third-order valence-electron chi connectivity index (χ3n) is 4.70. The Balaban J connectivity index is 1.79. The molecule has 1 atom stereocenters. The molecule has 3 rings (SSSR count). The van der Waals surface area contributed by atoms with E-state index in [1.54, 1.807) is 48.5 Å². The van der Waals surface area contributed by atoms with Crippen LogP contribution in [0.15, 0.2) is 69.8 Å². The van der Waals surface area contributed by atoms with E-state index in [4.69, 9.17) is 4.42 Å². The van der Waals surface area contributed by atoms with E-state index in [2.05, 4.69) is 21.2 Å². The highest BCUT2D eigenvalue weighted by Crippen LogP contribution is 2.24. The van der Waals surface area contributed by atoms with E-state index in [1.807, 2.05) is 38.1 Å². The van der Waals surface area contributed by atoms with Gasteiger partial charge in [0, 0.05) is 28.3 Å². The van der Waals surface area contributed by atoms with Crippen LogP contribution in [0.3, 0.4) is 0 Å². The van der Waals surface area contributed by atoms with Gasteiger partial charge in [-0.25, -0.2) is 0 Å². The van der Waals surface area contributed by atoms with Crippen molar-refractivity contribution in [3.05, 3.63) is 87.8 Å². The summed E-state index contributed by atoms with van der Waals surface area (Å²) in [6, 6.07) is 15.8. The Bertz CT molecular complexity index is 982. The van der Waals surface area contributed by atoms with Crippen LogP contribution in [0.2, 0.25) is 0 Å². The maximum atomic E-state index is 12.9. The lowest BCUT2D eigenvalue weighted by molar-refractivity contribution is 0.0726. The number of hydrogen-bond acceptors (Lipinski definition) is 3. The summed E-state index contributed by atoms with van der Waals surface area (Å²) < 4.78 is 6.31. The first-order chi connectivity index (χ1) is 13.4. The highest BCUT2D eigenvalue weighted by molar-refractivity contribution is 9.10. The Morgan fingerprint density at radius 1 is 1.07 bits per heavy atom. The standard InChI is InChI=1S/C22H21BrN2O3/c1-14-6-7-17(22(27)25(3)15(2)20-5-4-12-28-20)13-19(14)24-21(26)16-8-10-18(23)11-9-16/h4-13,15H,1-3H3,(H,24,26). The molecule has 0 bridgehead atoms. The molecule has 3 aromatic rings. The number of carbonyl (C=O) groups excluding carboxylic acids is 2. The maximum absolute atomic E-state index is 12.9. The number of halogens is 1. The van der Waals surface area contributed by atoms with Crippen molar-refractivity contribution >= 4 is 33.4 Å². The highest BCUT2D eigenvalue weighted by Gasteiger charge is 2.21. The molecule has 5 nitrogen and oxygen atoms in total. The fourth-order valence-corrected chi connectivity index (χ4v) is 3.05. The van der Waals surface area contributed by atoms with Crippen molar-refractivity contribution in [1.82, 2.24) is 4.90 Å². The Morgan fingerprint density at radius 2 is 1.75 bits per heavy atom. The SMILES string of the molecule is Cc1ccc(C(=O)N(C)C(C)c2ccco2)cc1NC(=O)c1ccc(Br)cc1. The molecule has 6 heteroatoms. The topological polar surface area (TPSA) is 62.6 Å². The van der Waals surface area contributed by atoms with Gasteiger partial charge in [0.1, 0.15) is 5.76 Å². The summed E-state index contributed by atoms with van der Waals surface area (Å²) in [6.07, 6.45) is 1.59. The van der Waals surface area contributed by atoms with Crippen LogP contribution in [0.25, 0.3) is 0 Å². The third-order valence-corrected chi connectivity index (χ3v) is 5.22. The molecule has 0 saturated heterocycles. The molecule has 0 aliphatic carbocycles. The summed E-state index contributed by atoms with van der Waals surface area (Å²) in [6.45, 7) is 3.79. The van der Waals surface area contributed by atoms with Crippen LogP contribution >= 0.6 is 15.9 Å². The second-order valence-electron chi connectivity index (χ2n) is 6.60. The van der Waals surface area contributed by atoms with E-state index in [1.165, 1.54) is 0 Å². The summed E-state index contributed by atoms with van der Waals surface area (Å²) in [4.78, 5) is 27.0. The van der Waals surface area contributed by atoms with Crippen molar-refractivity contribution in [1.29, 1.82) is 0 Å². The van der Waals surface area contributed by atoms with Crippen LogP contribution in [-0.4, -0.2) is 23.8 Å². The smallest absolute Gasteiger partial charge is 0.255 e. The molecule has 0 aliphatic rings. The van der Waals surface area contributed by atoms with Gasteiger partial charge in [-0.15, -0.1) is 0 Å². The zero-order valence-electron chi connectivity index (χ0n) is 15.9. The van der Waals surface area contributed by atoms with Crippen molar-refractivity contribution in [3.8, 4) is 0 Å². The quantitative estimate of drug-likeness (QED) is 0.574. The Hall–Kier alpha value is -2.86. The lowest BCUT2D eigenvalue weighted by atomic mass is 10.1. The van der Waals surface area contributed by atoms with Gasteiger partial charge in [0.25, 0.3) is 11.8 Å². The molecule has 0 saturated carbocycles. The Kier molecular flexibility index (Phi) is 5.99. The minimum absolute atomic E-state index is 0.150. The first-order valence-electron chi connectivity index (χ1n) is 8.85. The molecule has 0 fully saturated rings. The molecule has 0 aliphatic heterocycles. The lowest BCUT2D eigenvalue weighted by Crippen LogP contribution is -2.29. The summed E-state index contributed by atoms with van der Waals surface area (Å²) in [7, 11) is 1.73. The van der Waals surface area contributed by atoms with Gasteiger partial charge < -0.3 is 14.6 Å². The van der Waals surface area contributed by atoms with Gasteiger partial charge in [0.05, 0.1) is 12.3 Å². The first kappa shape index (κ1) is 19.9. The zero-order chi connectivity index (χ0) is 20.3. The minimum atomic E-state index is -0.225. The van der Waals surface area contributed by atoms with E-state index >= 15 is 0 Å². The molecule has 2 aromatic carbocycles. The van der Waals surface area contributed by atoms with Crippen LogP contribution < -0.4 is 5.32 Å². The molecular formula is C22H21BrN2O3. The average Bonchev–Trinajstić information content (AvgIpc) is 3.23. The summed E-state index contributed by atoms with van der Waals surface area (Å²) in [5, 5.41) is 2.89. The van der Waals surface area contributed by atoms with Gasteiger partial charge in [-0.2, -0.15) is 0 Å². The molecule has 2 amide bonds. The minimum Gasteiger partial charge on any atom is -0.467 e. The van der Waals surface area contributed by atoms with E-state index in [0.29, 0.717) is 22.6 Å². The van der Waals surface area contributed by atoms with Crippen molar-refractivity contribution in [3.63, 3.8) is 0 Å². The number of carbonyl (C=O) groups is 2. The fraction of sp³-hybridized carbons (Fsp3) is 0.182. The second kappa shape index (κ2) is 8.44. The molecule has 144 valence electrons. The van der Waals surface area contributed by atoms with E-state index in [0.717, 1.165) is 10.0 Å². The van der Waals surface area contributed by atoms with E-state index in [-0.39, 0.29) is 17.9 Å². The normalized spacial score (nSPS) is 11.7. The number of nitrogens with zero attached hydrogens (tertiary/aromatic N) is 1. The van der Waals surface area contributed by atoms with Gasteiger partial charge in [-0.3, -0.25) is 9.59 Å². The molecule has 28 heavy (non-hydrogen) atoms. The van der Waals surface area contributed by atoms with Gasteiger partial charge in [-0.1, -0.05) is 22.0 Å². The number of nitrogens with one attached hydrogen (secondary N) is 1.